The highest BCUT2D eigenvalue weighted by Gasteiger charge is 2.14. The lowest BCUT2D eigenvalue weighted by molar-refractivity contribution is -0.118. The number of carbonyl (C=O) groups is 2. The Bertz CT molecular complexity index is 710. The highest BCUT2D eigenvalue weighted by Crippen LogP contribution is 2.22. The standard InChI is InChI=1S/C19H19NO3/c21-18-10-7-15-6-9-17(12-16(15)8-11-18)20-19(22)23-13-14-4-2-1-3-5-14/h1-6,9,12H,7-8,10-11,13H2,(H,20,22). The minimum Gasteiger partial charge on any atom is -0.444 e. The number of hydrogen-bond acceptors (Lipinski definition) is 3. The van der Waals surface area contributed by atoms with Crippen molar-refractivity contribution in [1.29, 1.82) is 0 Å². The highest BCUT2D eigenvalue weighted by atomic mass is 16.5. The van der Waals surface area contributed by atoms with Crippen LogP contribution in [0.2, 0.25) is 0 Å². The van der Waals surface area contributed by atoms with Gasteiger partial charge in [0.25, 0.3) is 0 Å². The van der Waals surface area contributed by atoms with Crippen molar-refractivity contribution in [2.45, 2.75) is 32.3 Å². The summed E-state index contributed by atoms with van der Waals surface area (Å²) in [5, 5.41) is 2.75. The number of Topliss-reactive ketones (excluding diaryl/α,β-unsaturated/α-hetero) is 1. The van der Waals surface area contributed by atoms with Crippen LogP contribution in [0.15, 0.2) is 48.5 Å². The molecule has 2 aromatic rings. The number of nitrogens with one attached hydrogen (secondary N) is 1. The van der Waals surface area contributed by atoms with Crippen LogP contribution >= 0.6 is 0 Å². The van der Waals surface area contributed by atoms with Crippen molar-refractivity contribution < 1.29 is 14.3 Å². The number of benzene rings is 2. The van der Waals surface area contributed by atoms with Crippen molar-refractivity contribution in [3.63, 3.8) is 0 Å². The molecule has 1 aliphatic carbocycles. The molecular formula is C19H19NO3. The molecule has 0 bridgehead atoms. The molecule has 0 spiro atoms. The zero-order valence-corrected chi connectivity index (χ0v) is 12.9. The second-order valence-corrected chi connectivity index (χ2v) is 5.71. The minimum atomic E-state index is -0.474. The summed E-state index contributed by atoms with van der Waals surface area (Å²) >= 11 is 0. The van der Waals surface area contributed by atoms with Gasteiger partial charge in [-0.3, -0.25) is 10.1 Å². The molecule has 2 aromatic carbocycles. The van der Waals surface area contributed by atoms with Gasteiger partial charge in [0.1, 0.15) is 12.4 Å². The number of rotatable bonds is 3. The zero-order chi connectivity index (χ0) is 16.1. The molecule has 0 heterocycles. The topological polar surface area (TPSA) is 55.4 Å². The van der Waals surface area contributed by atoms with Gasteiger partial charge in [0.2, 0.25) is 0 Å². The molecule has 1 N–H and O–H groups in total. The van der Waals surface area contributed by atoms with Crippen LogP contribution in [0.3, 0.4) is 0 Å². The van der Waals surface area contributed by atoms with Crippen molar-refractivity contribution in [2.75, 3.05) is 5.32 Å². The smallest absolute Gasteiger partial charge is 0.411 e. The number of amides is 1. The van der Waals surface area contributed by atoms with Crippen molar-refractivity contribution in [3.05, 3.63) is 65.2 Å². The first-order chi connectivity index (χ1) is 11.2. The highest BCUT2D eigenvalue weighted by molar-refractivity contribution is 5.85. The van der Waals surface area contributed by atoms with Crippen LogP contribution in [0.25, 0.3) is 0 Å². The van der Waals surface area contributed by atoms with Gasteiger partial charge in [-0.05, 0) is 41.7 Å². The number of carbonyl (C=O) groups excluding carboxylic acids is 2. The van der Waals surface area contributed by atoms with E-state index in [1.54, 1.807) is 0 Å². The minimum absolute atomic E-state index is 0.242. The van der Waals surface area contributed by atoms with Gasteiger partial charge in [0.05, 0.1) is 0 Å². The van der Waals surface area contributed by atoms with Crippen LogP contribution in [-0.4, -0.2) is 11.9 Å². The molecule has 1 amide bonds. The number of aryl methyl sites for hydroxylation is 2. The molecule has 4 nitrogen and oxygen atoms in total. The van der Waals surface area contributed by atoms with E-state index in [-0.39, 0.29) is 6.61 Å². The number of anilines is 1. The number of ether oxygens (including phenoxy) is 1. The van der Waals surface area contributed by atoms with Crippen LogP contribution in [0.1, 0.15) is 29.5 Å². The van der Waals surface area contributed by atoms with Gasteiger partial charge in [-0.1, -0.05) is 36.4 Å². The predicted molar refractivity (Wildman–Crippen MR) is 88.3 cm³/mol. The average molecular weight is 309 g/mol. The Hall–Kier alpha value is -2.62. The summed E-state index contributed by atoms with van der Waals surface area (Å²) in [6.07, 6.45) is 2.24. The molecule has 0 fully saturated rings. The first kappa shape index (κ1) is 15.3. The van der Waals surface area contributed by atoms with Gasteiger partial charge in [-0.25, -0.2) is 4.79 Å². The van der Waals surface area contributed by atoms with Gasteiger partial charge in [-0.2, -0.15) is 0 Å². The predicted octanol–water partition coefficient (Wildman–Crippen LogP) is 3.88. The summed E-state index contributed by atoms with van der Waals surface area (Å²) in [4.78, 5) is 23.4. The Kier molecular flexibility index (Phi) is 4.71. The third kappa shape index (κ3) is 4.19. The Morgan fingerprint density at radius 2 is 1.70 bits per heavy atom. The molecule has 3 rings (SSSR count). The number of fused-ring (bicyclic) bond motifs is 1. The van der Waals surface area contributed by atoms with E-state index < -0.39 is 6.09 Å². The molecule has 4 heteroatoms. The molecule has 118 valence electrons. The maximum absolute atomic E-state index is 11.9. The normalized spacial score (nSPS) is 13.8. The molecular weight excluding hydrogens is 290 g/mol. The third-order valence-corrected chi connectivity index (χ3v) is 4.01. The van der Waals surface area contributed by atoms with E-state index in [2.05, 4.69) is 5.32 Å². The molecule has 0 aliphatic heterocycles. The van der Waals surface area contributed by atoms with Crippen molar-refractivity contribution >= 4 is 17.6 Å². The first-order valence-electron chi connectivity index (χ1n) is 7.82. The lowest BCUT2D eigenvalue weighted by Crippen LogP contribution is -2.13. The van der Waals surface area contributed by atoms with Crippen LogP contribution in [0, 0.1) is 0 Å². The Morgan fingerprint density at radius 3 is 2.48 bits per heavy atom. The maximum atomic E-state index is 11.9. The van der Waals surface area contributed by atoms with E-state index in [0.717, 1.165) is 24.0 Å². The van der Waals surface area contributed by atoms with Gasteiger partial charge >= 0.3 is 6.09 Å². The molecule has 0 unspecified atom stereocenters. The van der Waals surface area contributed by atoms with Crippen LogP contribution in [0.4, 0.5) is 10.5 Å². The fraction of sp³-hybridized carbons (Fsp3) is 0.263. The van der Waals surface area contributed by atoms with E-state index in [4.69, 9.17) is 4.74 Å². The van der Waals surface area contributed by atoms with E-state index in [9.17, 15) is 9.59 Å². The van der Waals surface area contributed by atoms with Crippen molar-refractivity contribution in [1.82, 2.24) is 0 Å². The molecule has 0 atom stereocenters. The second-order valence-electron chi connectivity index (χ2n) is 5.71. The second kappa shape index (κ2) is 7.09. The monoisotopic (exact) mass is 309 g/mol. The first-order valence-corrected chi connectivity index (χ1v) is 7.82. The summed E-state index contributed by atoms with van der Waals surface area (Å²) in [7, 11) is 0. The summed E-state index contributed by atoms with van der Waals surface area (Å²) < 4.78 is 5.21. The Morgan fingerprint density at radius 1 is 0.957 bits per heavy atom. The third-order valence-electron chi connectivity index (χ3n) is 4.01. The molecule has 0 radical (unpaired) electrons. The van der Waals surface area contributed by atoms with E-state index in [1.807, 2.05) is 48.5 Å². The molecule has 1 aliphatic rings. The summed E-state index contributed by atoms with van der Waals surface area (Å²) in [5.74, 6) is 0.304. The van der Waals surface area contributed by atoms with E-state index in [0.29, 0.717) is 24.3 Å². The fourth-order valence-corrected chi connectivity index (χ4v) is 2.73. The Balaban J connectivity index is 1.59. The van der Waals surface area contributed by atoms with Crippen molar-refractivity contribution in [2.24, 2.45) is 0 Å². The molecule has 0 aromatic heterocycles. The quantitative estimate of drug-likeness (QED) is 0.875. The van der Waals surface area contributed by atoms with Crippen molar-refractivity contribution in [3.8, 4) is 0 Å². The fourth-order valence-electron chi connectivity index (χ4n) is 2.73. The molecule has 23 heavy (non-hydrogen) atoms. The van der Waals surface area contributed by atoms with E-state index >= 15 is 0 Å². The SMILES string of the molecule is O=C1CCc2ccc(NC(=O)OCc3ccccc3)cc2CC1. The van der Waals surface area contributed by atoms with Crippen LogP contribution in [0.5, 0.6) is 0 Å². The number of ketones is 1. The lowest BCUT2D eigenvalue weighted by Gasteiger charge is -2.10. The largest absolute Gasteiger partial charge is 0.444 e. The molecule has 0 saturated heterocycles. The van der Waals surface area contributed by atoms with Gasteiger partial charge < -0.3 is 4.74 Å². The van der Waals surface area contributed by atoms with Gasteiger partial charge in [-0.15, -0.1) is 0 Å². The number of hydrogen-bond donors (Lipinski definition) is 1. The lowest BCUT2D eigenvalue weighted by atomic mass is 10.0. The maximum Gasteiger partial charge on any atom is 0.411 e. The summed E-state index contributed by atoms with van der Waals surface area (Å²) in [6.45, 7) is 0.242. The van der Waals surface area contributed by atoms with Crippen LogP contribution < -0.4 is 5.32 Å². The van der Waals surface area contributed by atoms with Gasteiger partial charge in [0.15, 0.2) is 0 Å². The zero-order valence-electron chi connectivity index (χ0n) is 12.9. The summed E-state index contributed by atoms with van der Waals surface area (Å²) in [5.41, 5.74) is 3.98. The average Bonchev–Trinajstić information content (AvgIpc) is 2.76. The molecule has 0 saturated carbocycles. The van der Waals surface area contributed by atoms with E-state index in [1.165, 1.54) is 5.56 Å². The van der Waals surface area contributed by atoms with Gasteiger partial charge in [0, 0.05) is 18.5 Å². The van der Waals surface area contributed by atoms with Crippen LogP contribution in [-0.2, 0) is 29.0 Å². The Labute approximate surface area is 135 Å². The summed E-state index contributed by atoms with van der Waals surface area (Å²) in [6, 6.07) is 15.3.